The minimum Gasteiger partial charge on any atom is -0.493 e. The molecule has 0 saturated carbocycles. The van der Waals surface area contributed by atoms with Crippen molar-refractivity contribution < 1.29 is 14.3 Å². The van der Waals surface area contributed by atoms with Crippen LogP contribution in [0.25, 0.3) is 10.2 Å². The van der Waals surface area contributed by atoms with E-state index in [-0.39, 0.29) is 18.3 Å². The molecule has 0 saturated heterocycles. The van der Waals surface area contributed by atoms with Crippen molar-refractivity contribution >= 4 is 45.0 Å². The first-order valence-corrected chi connectivity index (χ1v) is 13.1. The molecule has 3 aromatic carbocycles. The highest BCUT2D eigenvalue weighted by Gasteiger charge is 2.23. The summed E-state index contributed by atoms with van der Waals surface area (Å²) in [5.41, 5.74) is 3.86. The molecule has 1 aromatic heterocycles. The zero-order chi connectivity index (χ0) is 25.5. The van der Waals surface area contributed by atoms with E-state index < -0.39 is 0 Å². The number of carbonyl (C=O) groups is 1. The molecule has 37 heavy (non-hydrogen) atoms. The van der Waals surface area contributed by atoms with Crippen molar-refractivity contribution in [2.45, 2.75) is 20.3 Å². The minimum atomic E-state index is -0.0496. The van der Waals surface area contributed by atoms with E-state index in [9.17, 15) is 4.79 Å². The van der Waals surface area contributed by atoms with Crippen molar-refractivity contribution in [3.63, 3.8) is 0 Å². The third-order valence-corrected chi connectivity index (χ3v) is 7.39. The number of anilines is 1. The number of amides is 1. The second-order valence-corrected chi connectivity index (χ2v) is 9.52. The molecule has 1 amide bonds. The number of nitrogens with zero attached hydrogens (tertiary/aromatic N) is 3. The number of carbonyl (C=O) groups excluding carboxylic acids is 1. The van der Waals surface area contributed by atoms with Crippen molar-refractivity contribution in [1.82, 2.24) is 9.88 Å². The van der Waals surface area contributed by atoms with Gasteiger partial charge in [0.15, 0.2) is 16.6 Å². The van der Waals surface area contributed by atoms with Crippen molar-refractivity contribution in [2.75, 3.05) is 45.3 Å². The highest BCUT2D eigenvalue weighted by Crippen LogP contribution is 2.37. The quantitative estimate of drug-likeness (QED) is 0.223. The van der Waals surface area contributed by atoms with Crippen LogP contribution in [-0.4, -0.2) is 56.2 Å². The van der Waals surface area contributed by atoms with E-state index in [1.165, 1.54) is 22.5 Å². The first kappa shape index (κ1) is 28.4. The maximum atomic E-state index is 13.8. The van der Waals surface area contributed by atoms with Gasteiger partial charge in [0.1, 0.15) is 0 Å². The molecule has 0 aliphatic carbocycles. The van der Waals surface area contributed by atoms with E-state index in [4.69, 9.17) is 14.5 Å². The highest BCUT2D eigenvalue weighted by molar-refractivity contribution is 7.22. The first-order valence-electron chi connectivity index (χ1n) is 12.3. The normalized spacial score (nSPS) is 10.8. The smallest absolute Gasteiger partial charge is 0.260 e. The van der Waals surface area contributed by atoms with Crippen molar-refractivity contribution in [1.29, 1.82) is 0 Å². The summed E-state index contributed by atoms with van der Waals surface area (Å²) in [6, 6.07) is 22.0. The molecule has 0 N–H and O–H groups in total. The van der Waals surface area contributed by atoms with Gasteiger partial charge in [-0.3, -0.25) is 9.69 Å². The Morgan fingerprint density at radius 2 is 1.49 bits per heavy atom. The fraction of sp³-hybridized carbons (Fsp3) is 0.310. The van der Waals surface area contributed by atoms with Gasteiger partial charge in [0.25, 0.3) is 5.91 Å². The summed E-state index contributed by atoms with van der Waals surface area (Å²) < 4.78 is 11.9. The lowest BCUT2D eigenvalue weighted by molar-refractivity contribution is 0.0984. The molecular weight excluding hydrogens is 506 g/mol. The number of methoxy groups -OCH3 is 2. The number of aromatic nitrogens is 1. The molecule has 8 heteroatoms. The van der Waals surface area contributed by atoms with E-state index in [1.54, 1.807) is 19.1 Å². The van der Waals surface area contributed by atoms with Gasteiger partial charge < -0.3 is 14.4 Å². The number of thiazole rings is 1. The Labute approximate surface area is 229 Å². The van der Waals surface area contributed by atoms with Crippen LogP contribution >= 0.6 is 23.7 Å². The number of halogens is 1. The standard InChI is InChI=1S/C29H33N3O3S.ClH/c1-5-31(6-2)16-17-32(29-30-24-19-25(34-3)26(35-4)20-27(24)36-29)28(33)23-14-12-22(13-15-23)18-21-10-8-7-9-11-21;/h7-15,19-20H,5-6,16-18H2,1-4H3;1H. The molecule has 0 aliphatic rings. The summed E-state index contributed by atoms with van der Waals surface area (Å²) in [5, 5.41) is 0.672. The summed E-state index contributed by atoms with van der Waals surface area (Å²) >= 11 is 1.49. The zero-order valence-electron chi connectivity index (χ0n) is 21.8. The lowest BCUT2D eigenvalue weighted by atomic mass is 10.0. The molecule has 0 atom stereocenters. The summed E-state index contributed by atoms with van der Waals surface area (Å²) in [7, 11) is 3.23. The maximum absolute atomic E-state index is 13.8. The van der Waals surface area contributed by atoms with Gasteiger partial charge in [0, 0.05) is 30.8 Å². The molecule has 0 aliphatic heterocycles. The Morgan fingerprint density at radius 3 is 2.11 bits per heavy atom. The van der Waals surface area contributed by atoms with Crippen LogP contribution < -0.4 is 14.4 Å². The maximum Gasteiger partial charge on any atom is 0.260 e. The largest absolute Gasteiger partial charge is 0.493 e. The second-order valence-electron chi connectivity index (χ2n) is 8.51. The monoisotopic (exact) mass is 539 g/mol. The third kappa shape index (κ3) is 6.80. The molecule has 1 heterocycles. The zero-order valence-corrected chi connectivity index (χ0v) is 23.4. The number of fused-ring (bicyclic) bond motifs is 1. The van der Waals surface area contributed by atoms with Crippen molar-refractivity contribution in [3.05, 3.63) is 83.4 Å². The summed E-state index contributed by atoms with van der Waals surface area (Å²) in [5.74, 6) is 1.22. The lowest BCUT2D eigenvalue weighted by Crippen LogP contribution is -2.38. The Kier molecular flexibility index (Phi) is 10.3. The number of benzene rings is 3. The van der Waals surface area contributed by atoms with Gasteiger partial charge >= 0.3 is 0 Å². The number of ether oxygens (including phenoxy) is 2. The van der Waals surface area contributed by atoms with Crippen LogP contribution in [0.15, 0.2) is 66.7 Å². The van der Waals surface area contributed by atoms with Gasteiger partial charge in [-0.2, -0.15) is 0 Å². The first-order chi connectivity index (χ1) is 17.6. The van der Waals surface area contributed by atoms with Crippen LogP contribution in [0.1, 0.15) is 35.3 Å². The number of likely N-dealkylation sites (N-methyl/N-ethyl adjacent to an activating group) is 1. The lowest BCUT2D eigenvalue weighted by Gasteiger charge is -2.24. The van der Waals surface area contributed by atoms with Crippen LogP contribution in [0.4, 0.5) is 5.13 Å². The average Bonchev–Trinajstić information content (AvgIpc) is 3.33. The summed E-state index contributed by atoms with van der Waals surface area (Å²) in [6.07, 6.45) is 0.836. The fourth-order valence-electron chi connectivity index (χ4n) is 4.18. The van der Waals surface area contributed by atoms with E-state index in [2.05, 4.69) is 30.9 Å². The summed E-state index contributed by atoms with van der Waals surface area (Å²) in [6.45, 7) is 7.46. The number of hydrogen-bond donors (Lipinski definition) is 0. The number of hydrogen-bond acceptors (Lipinski definition) is 6. The van der Waals surface area contributed by atoms with E-state index in [0.29, 0.717) is 28.7 Å². The predicted molar refractivity (Wildman–Crippen MR) is 155 cm³/mol. The van der Waals surface area contributed by atoms with Gasteiger partial charge in [0.2, 0.25) is 0 Å². The molecule has 0 fully saturated rings. The van der Waals surface area contributed by atoms with Gasteiger partial charge in [-0.15, -0.1) is 12.4 Å². The molecule has 196 valence electrons. The van der Waals surface area contributed by atoms with Crippen LogP contribution in [-0.2, 0) is 6.42 Å². The Balaban J connectivity index is 0.00000380. The molecule has 0 radical (unpaired) electrons. The Bertz CT molecular complexity index is 1250. The highest BCUT2D eigenvalue weighted by atomic mass is 35.5. The van der Waals surface area contributed by atoms with Gasteiger partial charge in [0.05, 0.1) is 24.4 Å². The SMILES string of the molecule is CCN(CC)CCN(C(=O)c1ccc(Cc2ccccc2)cc1)c1nc2cc(OC)c(OC)cc2s1.Cl. The van der Waals surface area contributed by atoms with Gasteiger partial charge in [-0.1, -0.05) is 67.6 Å². The van der Waals surface area contributed by atoms with E-state index >= 15 is 0 Å². The minimum absolute atomic E-state index is 0. The molecule has 0 spiro atoms. The van der Waals surface area contributed by atoms with Crippen LogP contribution in [0.2, 0.25) is 0 Å². The van der Waals surface area contributed by atoms with Gasteiger partial charge in [-0.05, 0) is 42.8 Å². The van der Waals surface area contributed by atoms with Crippen LogP contribution in [0.3, 0.4) is 0 Å². The predicted octanol–water partition coefficient (Wildman–Crippen LogP) is 6.31. The van der Waals surface area contributed by atoms with Crippen LogP contribution in [0, 0.1) is 0 Å². The molecule has 4 rings (SSSR count). The topological polar surface area (TPSA) is 54.9 Å². The Hall–Kier alpha value is -3.13. The van der Waals surface area contributed by atoms with Crippen LogP contribution in [0.5, 0.6) is 11.5 Å². The van der Waals surface area contributed by atoms with Crippen molar-refractivity contribution in [2.24, 2.45) is 0 Å². The molecule has 0 unspecified atom stereocenters. The third-order valence-electron chi connectivity index (χ3n) is 6.34. The van der Waals surface area contributed by atoms with Crippen molar-refractivity contribution in [3.8, 4) is 11.5 Å². The Morgan fingerprint density at radius 1 is 0.865 bits per heavy atom. The molecule has 6 nitrogen and oxygen atoms in total. The molecule has 0 bridgehead atoms. The number of rotatable bonds is 11. The van der Waals surface area contributed by atoms with E-state index in [1.807, 2.05) is 54.6 Å². The second kappa shape index (κ2) is 13.4. The van der Waals surface area contributed by atoms with Gasteiger partial charge in [-0.25, -0.2) is 4.98 Å². The summed E-state index contributed by atoms with van der Waals surface area (Å²) in [4.78, 5) is 22.7. The molecule has 4 aromatic rings. The molecular formula is C29H34ClN3O3S. The van der Waals surface area contributed by atoms with E-state index in [0.717, 1.165) is 36.3 Å². The average molecular weight is 540 g/mol. The fourth-order valence-corrected chi connectivity index (χ4v) is 5.18.